The fourth-order valence-corrected chi connectivity index (χ4v) is 9.66. The molecule has 4 atom stereocenters. The third kappa shape index (κ3) is 3.18. The first-order valence-corrected chi connectivity index (χ1v) is 17.7. The van der Waals surface area contributed by atoms with Crippen molar-refractivity contribution in [1.29, 1.82) is 0 Å². The van der Waals surface area contributed by atoms with E-state index < -0.39 is 21.4 Å². The van der Waals surface area contributed by atoms with Gasteiger partial charge in [0.15, 0.2) is 8.32 Å². The zero-order valence-electron chi connectivity index (χ0n) is 20.6. The van der Waals surface area contributed by atoms with E-state index in [-0.39, 0.29) is 22.5 Å². The summed E-state index contributed by atoms with van der Waals surface area (Å²) in [5, 5.41) is -0.487. The zero-order chi connectivity index (χ0) is 22.2. The third-order valence-corrected chi connectivity index (χ3v) is 16.6. The molecule has 0 spiro atoms. The van der Waals surface area contributed by atoms with Gasteiger partial charge in [-0.3, -0.25) is 4.79 Å². The molecule has 0 saturated heterocycles. The van der Waals surface area contributed by atoms with Crippen molar-refractivity contribution in [3.8, 4) is 0 Å². The summed E-state index contributed by atoms with van der Waals surface area (Å²) in [4.78, 5) is 13.6. The summed E-state index contributed by atoms with van der Waals surface area (Å²) in [6, 6.07) is 0. The van der Waals surface area contributed by atoms with Crippen molar-refractivity contribution in [2.24, 2.45) is 11.3 Å². The monoisotopic (exact) mass is 434 g/mol. The SMILES string of the molecule is C[C@H]1CCC=C2CC3=C([C@@H](O[Si](C)(C)C)[C@@]21C)C(C)([Si](C)(C)C(C)(C)C)C(=O)O3. The molecule has 3 nitrogen and oxygen atoms in total. The Kier molecular flexibility index (Phi) is 5.29. The van der Waals surface area contributed by atoms with E-state index in [1.165, 1.54) is 17.6 Å². The summed E-state index contributed by atoms with van der Waals surface area (Å²) in [6.07, 6.45) is 5.41. The van der Waals surface area contributed by atoms with Crippen molar-refractivity contribution < 1.29 is 14.0 Å². The molecule has 0 fully saturated rings. The molecule has 164 valence electrons. The molecule has 2 aliphatic carbocycles. The molecule has 1 unspecified atom stereocenters. The molecule has 1 aliphatic heterocycles. The minimum atomic E-state index is -2.11. The summed E-state index contributed by atoms with van der Waals surface area (Å²) in [7, 11) is -3.97. The van der Waals surface area contributed by atoms with Crippen LogP contribution in [0.1, 0.15) is 60.8 Å². The van der Waals surface area contributed by atoms with Crippen LogP contribution in [0, 0.1) is 11.3 Å². The molecule has 3 rings (SSSR count). The van der Waals surface area contributed by atoms with E-state index in [9.17, 15) is 4.79 Å². The minimum absolute atomic E-state index is 0.0335. The zero-order valence-corrected chi connectivity index (χ0v) is 22.6. The number of allylic oxidation sites excluding steroid dienone is 2. The second kappa shape index (κ2) is 6.67. The molecule has 3 aliphatic rings. The number of carbonyl (C=O) groups is 1. The third-order valence-electron chi connectivity index (χ3n) is 8.92. The lowest BCUT2D eigenvalue weighted by molar-refractivity contribution is -0.139. The van der Waals surface area contributed by atoms with Crippen LogP contribution < -0.4 is 0 Å². The molecule has 0 saturated carbocycles. The van der Waals surface area contributed by atoms with Crippen LogP contribution >= 0.6 is 0 Å². The summed E-state index contributed by atoms with van der Waals surface area (Å²) >= 11 is 0. The number of esters is 1. The van der Waals surface area contributed by atoms with Crippen molar-refractivity contribution >= 4 is 22.4 Å². The summed E-state index contributed by atoms with van der Waals surface area (Å²) in [6.45, 7) is 25.4. The van der Waals surface area contributed by atoms with E-state index in [0.29, 0.717) is 5.92 Å². The molecule has 1 heterocycles. The molecule has 0 N–H and O–H groups in total. The lowest BCUT2D eigenvalue weighted by atomic mass is 9.58. The first kappa shape index (κ1) is 23.0. The molecule has 0 bridgehead atoms. The second-order valence-corrected chi connectivity index (χ2v) is 22.7. The molecule has 0 radical (unpaired) electrons. The maximum Gasteiger partial charge on any atom is 0.318 e. The Morgan fingerprint density at radius 1 is 1.14 bits per heavy atom. The Balaban J connectivity index is 2.28. The van der Waals surface area contributed by atoms with Crippen molar-refractivity contribution in [3.63, 3.8) is 0 Å². The maximum absolute atomic E-state index is 13.6. The van der Waals surface area contributed by atoms with Gasteiger partial charge in [0, 0.05) is 17.4 Å². The average Bonchev–Trinajstić information content (AvgIpc) is 2.80. The standard InChI is InChI=1S/C24H42O3Si2/c1-16-13-12-14-17-15-18-19(20(23(16,17)5)27-28(7,8)9)24(6,21(25)26-18)29(10,11)22(2,3)4/h14,16,20H,12-13,15H2,1-11H3/t16-,20+,23+,24?/m0/s1. The number of fused-ring (bicyclic) bond motifs is 1. The van der Waals surface area contributed by atoms with Crippen LogP contribution in [0.15, 0.2) is 23.0 Å². The van der Waals surface area contributed by atoms with E-state index in [4.69, 9.17) is 9.16 Å². The van der Waals surface area contributed by atoms with Gasteiger partial charge in [-0.25, -0.2) is 0 Å². The first-order chi connectivity index (χ1) is 13.0. The van der Waals surface area contributed by atoms with E-state index in [1.54, 1.807) is 0 Å². The average molecular weight is 435 g/mol. The van der Waals surface area contributed by atoms with Crippen molar-refractivity contribution in [2.75, 3.05) is 0 Å². The predicted octanol–water partition coefficient (Wildman–Crippen LogP) is 7.05. The van der Waals surface area contributed by atoms with E-state index in [1.807, 2.05) is 0 Å². The van der Waals surface area contributed by atoms with Gasteiger partial charge in [0.2, 0.25) is 0 Å². The van der Waals surface area contributed by atoms with Gasteiger partial charge in [0.25, 0.3) is 0 Å². The van der Waals surface area contributed by atoms with Crippen LogP contribution in [0.5, 0.6) is 0 Å². The normalized spacial score (nSPS) is 35.8. The van der Waals surface area contributed by atoms with Crippen LogP contribution in [-0.4, -0.2) is 28.5 Å². The fraction of sp³-hybridized carbons (Fsp3) is 0.792. The molecule has 0 aromatic carbocycles. The lowest BCUT2D eigenvalue weighted by Crippen LogP contribution is -2.57. The van der Waals surface area contributed by atoms with Crippen LogP contribution in [0.3, 0.4) is 0 Å². The largest absolute Gasteiger partial charge is 0.430 e. The molecule has 0 amide bonds. The molecule has 0 aromatic rings. The summed E-state index contributed by atoms with van der Waals surface area (Å²) in [5.41, 5.74) is 2.56. The highest BCUT2D eigenvalue weighted by Crippen LogP contribution is 2.67. The quantitative estimate of drug-likeness (QED) is 0.271. The van der Waals surface area contributed by atoms with Gasteiger partial charge in [-0.1, -0.05) is 59.4 Å². The number of hydrogen-bond donors (Lipinski definition) is 0. The Morgan fingerprint density at radius 2 is 1.72 bits per heavy atom. The van der Waals surface area contributed by atoms with Crippen LogP contribution in [0.25, 0.3) is 0 Å². The molecule has 5 heteroatoms. The summed E-state index contributed by atoms with van der Waals surface area (Å²) < 4.78 is 13.1. The second-order valence-electron chi connectivity index (χ2n) is 12.5. The van der Waals surface area contributed by atoms with Crippen LogP contribution in [0.4, 0.5) is 0 Å². The molecular formula is C24H42O3Si2. The number of carbonyl (C=O) groups excluding carboxylic acids is 1. The van der Waals surface area contributed by atoms with Crippen LogP contribution in [0.2, 0.25) is 42.8 Å². The van der Waals surface area contributed by atoms with E-state index in [0.717, 1.165) is 18.6 Å². The van der Waals surface area contributed by atoms with Gasteiger partial charge >= 0.3 is 5.97 Å². The molecule has 0 aromatic heterocycles. The number of rotatable bonds is 3. The van der Waals surface area contributed by atoms with Crippen LogP contribution in [-0.2, 0) is 14.0 Å². The topological polar surface area (TPSA) is 35.5 Å². The van der Waals surface area contributed by atoms with Gasteiger partial charge in [-0.05, 0) is 50.4 Å². The Labute approximate surface area is 180 Å². The molecule has 29 heavy (non-hydrogen) atoms. The van der Waals surface area contributed by atoms with E-state index in [2.05, 4.69) is 80.4 Å². The van der Waals surface area contributed by atoms with Crippen molar-refractivity contribution in [1.82, 2.24) is 0 Å². The number of ether oxygens (including phenoxy) is 1. The van der Waals surface area contributed by atoms with Crippen molar-refractivity contribution in [3.05, 3.63) is 23.0 Å². The lowest BCUT2D eigenvalue weighted by Gasteiger charge is -2.55. The van der Waals surface area contributed by atoms with Gasteiger partial charge < -0.3 is 9.16 Å². The molecular weight excluding hydrogens is 392 g/mol. The summed E-state index contributed by atoms with van der Waals surface area (Å²) in [5.74, 6) is 1.40. The van der Waals surface area contributed by atoms with Crippen molar-refractivity contribution in [2.45, 2.75) is 110 Å². The Hall–Kier alpha value is -0.656. The highest BCUT2D eigenvalue weighted by atomic mass is 28.4. The number of hydrogen-bond acceptors (Lipinski definition) is 3. The fourth-order valence-electron chi connectivity index (χ4n) is 5.58. The highest BCUT2D eigenvalue weighted by molar-refractivity contribution is 6.86. The smallest absolute Gasteiger partial charge is 0.318 e. The van der Waals surface area contributed by atoms with Gasteiger partial charge in [0.1, 0.15) is 5.76 Å². The highest BCUT2D eigenvalue weighted by Gasteiger charge is 2.67. The predicted molar refractivity (Wildman–Crippen MR) is 126 cm³/mol. The Bertz CT molecular complexity index is 781. The van der Waals surface area contributed by atoms with Gasteiger partial charge in [-0.15, -0.1) is 0 Å². The van der Waals surface area contributed by atoms with Gasteiger partial charge in [-0.2, -0.15) is 0 Å². The van der Waals surface area contributed by atoms with E-state index >= 15 is 0 Å². The minimum Gasteiger partial charge on any atom is -0.430 e. The maximum atomic E-state index is 13.6. The Morgan fingerprint density at radius 3 is 2.24 bits per heavy atom. The first-order valence-electron chi connectivity index (χ1n) is 11.3. The van der Waals surface area contributed by atoms with Gasteiger partial charge in [0.05, 0.1) is 19.2 Å².